The van der Waals surface area contributed by atoms with Crippen LogP contribution in [0, 0.1) is 11.8 Å². The van der Waals surface area contributed by atoms with Gasteiger partial charge in [0.05, 0.1) is 36.4 Å². The van der Waals surface area contributed by atoms with Crippen LogP contribution < -0.4 is 10.6 Å². The van der Waals surface area contributed by atoms with Gasteiger partial charge in [-0.1, -0.05) is 30.3 Å². The number of β-amino-alcohol motifs (C(OH)–C–C–N with tert-alkyl or cyclic N) is 1. The van der Waals surface area contributed by atoms with Crippen molar-refractivity contribution in [3.63, 3.8) is 0 Å². The van der Waals surface area contributed by atoms with Gasteiger partial charge in [-0.15, -0.1) is 11.8 Å². The average molecular weight is 503 g/mol. The standard InChI is InChI=1S/C25H34N4O5S/c30-13-10-29-21(23(32)26-8-9-28-11-14-34-15-12-28)25-7-6-18(35-25)19(20(25)24(29)33)22(31)27-16-17-4-2-1-3-5-17/h1-5,18-21,30H,6-16H2,(H,26,32)(H,27,31)/t18-,19+,20+,21?,25?/m1/s1. The van der Waals surface area contributed by atoms with Crippen LogP contribution in [-0.4, -0.2) is 101 Å². The first-order chi connectivity index (χ1) is 17.0. The van der Waals surface area contributed by atoms with Crippen LogP contribution in [0.1, 0.15) is 18.4 Å². The van der Waals surface area contributed by atoms with E-state index in [0.29, 0.717) is 26.3 Å². The largest absolute Gasteiger partial charge is 0.395 e. The number of aliphatic hydroxyl groups is 1. The Bertz CT molecular complexity index is 943. The number of thioether (sulfide) groups is 1. The zero-order chi connectivity index (χ0) is 24.4. The van der Waals surface area contributed by atoms with E-state index in [1.807, 2.05) is 30.3 Å². The highest BCUT2D eigenvalue weighted by Crippen LogP contribution is 2.66. The molecule has 190 valence electrons. The Morgan fingerprint density at radius 1 is 1.11 bits per heavy atom. The molecule has 4 fully saturated rings. The number of hydrogen-bond donors (Lipinski definition) is 3. The number of aliphatic hydroxyl groups excluding tert-OH is 1. The van der Waals surface area contributed by atoms with Crippen molar-refractivity contribution in [2.45, 2.75) is 35.4 Å². The highest BCUT2D eigenvalue weighted by molar-refractivity contribution is 8.02. The lowest BCUT2D eigenvalue weighted by atomic mass is 9.70. The van der Waals surface area contributed by atoms with E-state index in [1.54, 1.807) is 11.8 Å². The number of rotatable bonds is 9. The molecule has 2 unspecified atom stereocenters. The number of nitrogens with one attached hydrogen (secondary N) is 2. The third-order valence-corrected chi connectivity index (χ3v) is 9.78. The van der Waals surface area contributed by atoms with Gasteiger partial charge in [0.15, 0.2) is 0 Å². The van der Waals surface area contributed by atoms with Crippen molar-refractivity contribution in [2.75, 3.05) is 52.5 Å². The van der Waals surface area contributed by atoms with Gasteiger partial charge in [0.25, 0.3) is 0 Å². The zero-order valence-corrected chi connectivity index (χ0v) is 20.7. The Morgan fingerprint density at radius 2 is 1.89 bits per heavy atom. The van der Waals surface area contributed by atoms with Gasteiger partial charge in [0.2, 0.25) is 17.7 Å². The molecule has 4 aliphatic heterocycles. The number of morpholine rings is 1. The summed E-state index contributed by atoms with van der Waals surface area (Å²) in [7, 11) is 0. The second kappa shape index (κ2) is 10.5. The Kier molecular flexibility index (Phi) is 7.34. The number of ether oxygens (including phenoxy) is 1. The van der Waals surface area contributed by atoms with E-state index in [-0.39, 0.29) is 36.1 Å². The Labute approximate surface area is 209 Å². The van der Waals surface area contributed by atoms with E-state index in [0.717, 1.165) is 38.0 Å². The maximum absolute atomic E-state index is 13.6. The molecule has 35 heavy (non-hydrogen) atoms. The normalized spacial score (nSPS) is 32.0. The summed E-state index contributed by atoms with van der Waals surface area (Å²) in [5, 5.41) is 15.8. The van der Waals surface area contributed by atoms with Gasteiger partial charge in [-0.3, -0.25) is 19.3 Å². The van der Waals surface area contributed by atoms with Gasteiger partial charge in [0.1, 0.15) is 6.04 Å². The summed E-state index contributed by atoms with van der Waals surface area (Å²) >= 11 is 1.65. The van der Waals surface area contributed by atoms with E-state index in [4.69, 9.17) is 4.74 Å². The third kappa shape index (κ3) is 4.57. The molecule has 0 radical (unpaired) electrons. The predicted octanol–water partition coefficient (Wildman–Crippen LogP) is -0.165. The highest BCUT2D eigenvalue weighted by atomic mass is 32.2. The molecule has 3 amide bonds. The molecular formula is C25H34N4O5S. The average Bonchev–Trinajstić information content (AvgIpc) is 3.52. The van der Waals surface area contributed by atoms with Crippen LogP contribution >= 0.6 is 11.8 Å². The number of amides is 3. The number of carbonyl (C=O) groups excluding carboxylic acids is 3. The van der Waals surface area contributed by atoms with Crippen molar-refractivity contribution in [2.24, 2.45) is 11.8 Å². The number of fused-ring (bicyclic) bond motifs is 1. The van der Waals surface area contributed by atoms with Gasteiger partial charge < -0.3 is 25.4 Å². The van der Waals surface area contributed by atoms with Crippen LogP contribution in [0.4, 0.5) is 0 Å². The fraction of sp³-hybridized carbons (Fsp3) is 0.640. The van der Waals surface area contributed by atoms with Crippen LogP contribution in [0.3, 0.4) is 0 Å². The zero-order valence-electron chi connectivity index (χ0n) is 19.9. The summed E-state index contributed by atoms with van der Waals surface area (Å²) in [4.78, 5) is 44.2. The molecule has 1 aromatic rings. The van der Waals surface area contributed by atoms with Gasteiger partial charge in [-0.2, -0.15) is 0 Å². The van der Waals surface area contributed by atoms with Crippen molar-refractivity contribution in [1.29, 1.82) is 0 Å². The minimum Gasteiger partial charge on any atom is -0.395 e. The number of likely N-dealkylation sites (tertiary alicyclic amines) is 1. The van der Waals surface area contributed by atoms with Crippen LogP contribution in [0.2, 0.25) is 0 Å². The Balaban J connectivity index is 1.29. The van der Waals surface area contributed by atoms with Crippen molar-refractivity contribution >= 4 is 29.5 Å². The first-order valence-electron chi connectivity index (χ1n) is 12.5. The lowest BCUT2D eigenvalue weighted by Gasteiger charge is -2.34. The van der Waals surface area contributed by atoms with E-state index in [1.165, 1.54) is 4.90 Å². The molecule has 9 nitrogen and oxygen atoms in total. The van der Waals surface area contributed by atoms with Crippen molar-refractivity contribution < 1.29 is 24.2 Å². The summed E-state index contributed by atoms with van der Waals surface area (Å²) < 4.78 is 4.76. The van der Waals surface area contributed by atoms with Gasteiger partial charge in [-0.05, 0) is 18.4 Å². The topological polar surface area (TPSA) is 111 Å². The lowest BCUT2D eigenvalue weighted by Crippen LogP contribution is -2.55. The van der Waals surface area contributed by atoms with Gasteiger partial charge in [-0.25, -0.2) is 0 Å². The fourth-order valence-electron chi connectivity index (χ4n) is 6.26. The third-order valence-electron chi connectivity index (χ3n) is 7.83. The van der Waals surface area contributed by atoms with Gasteiger partial charge >= 0.3 is 0 Å². The molecule has 10 heteroatoms. The minimum absolute atomic E-state index is 0.0275. The monoisotopic (exact) mass is 502 g/mol. The molecule has 4 saturated heterocycles. The van der Waals surface area contributed by atoms with E-state index in [9.17, 15) is 19.5 Å². The van der Waals surface area contributed by atoms with Gasteiger partial charge in [0, 0.05) is 44.5 Å². The first kappa shape index (κ1) is 24.5. The first-order valence-corrected chi connectivity index (χ1v) is 13.4. The SMILES string of the molecule is O=C(NCCN1CCOCC1)C1N(CCO)C(=O)[C@@H]2[C@@H](C(=O)NCc3ccccc3)[C@H]3CCC12S3. The fourth-order valence-corrected chi connectivity index (χ4v) is 8.48. The van der Waals surface area contributed by atoms with Crippen LogP contribution in [0.25, 0.3) is 0 Å². The second-order valence-electron chi connectivity index (χ2n) is 9.76. The van der Waals surface area contributed by atoms with Crippen LogP contribution in [-0.2, 0) is 25.7 Å². The Morgan fingerprint density at radius 3 is 2.63 bits per heavy atom. The molecule has 4 heterocycles. The summed E-state index contributed by atoms with van der Waals surface area (Å²) in [5.74, 6) is -1.48. The molecule has 5 rings (SSSR count). The van der Waals surface area contributed by atoms with Crippen LogP contribution in [0.5, 0.6) is 0 Å². The number of benzene rings is 1. The quantitative estimate of drug-likeness (QED) is 0.430. The van der Waals surface area contributed by atoms with E-state index >= 15 is 0 Å². The molecule has 4 aliphatic rings. The van der Waals surface area contributed by atoms with E-state index < -0.39 is 22.6 Å². The summed E-state index contributed by atoms with van der Waals surface area (Å²) in [6.07, 6.45) is 1.53. The molecule has 1 spiro atoms. The Hall–Kier alpha value is -2.14. The molecular weight excluding hydrogens is 468 g/mol. The van der Waals surface area contributed by atoms with Crippen molar-refractivity contribution in [3.05, 3.63) is 35.9 Å². The number of hydrogen-bond acceptors (Lipinski definition) is 7. The molecule has 5 atom stereocenters. The molecule has 2 bridgehead atoms. The molecule has 3 N–H and O–H groups in total. The smallest absolute Gasteiger partial charge is 0.244 e. The molecule has 0 aromatic heterocycles. The maximum Gasteiger partial charge on any atom is 0.244 e. The van der Waals surface area contributed by atoms with Crippen LogP contribution in [0.15, 0.2) is 30.3 Å². The predicted molar refractivity (Wildman–Crippen MR) is 131 cm³/mol. The molecule has 1 aromatic carbocycles. The summed E-state index contributed by atoms with van der Waals surface area (Å²) in [6.45, 7) is 4.60. The van der Waals surface area contributed by atoms with Crippen molar-refractivity contribution in [1.82, 2.24) is 20.4 Å². The molecule has 0 aliphatic carbocycles. The van der Waals surface area contributed by atoms with Crippen molar-refractivity contribution in [3.8, 4) is 0 Å². The number of carbonyl (C=O) groups is 3. The highest BCUT2D eigenvalue weighted by Gasteiger charge is 2.73. The second-order valence-corrected chi connectivity index (χ2v) is 11.4. The lowest BCUT2D eigenvalue weighted by molar-refractivity contribution is -0.140. The number of nitrogens with zero attached hydrogens (tertiary/aromatic N) is 2. The summed E-state index contributed by atoms with van der Waals surface area (Å²) in [6, 6.07) is 9.04. The maximum atomic E-state index is 13.6. The molecule has 0 saturated carbocycles. The summed E-state index contributed by atoms with van der Waals surface area (Å²) in [5.41, 5.74) is 1.00. The van der Waals surface area contributed by atoms with E-state index in [2.05, 4.69) is 15.5 Å². The minimum atomic E-state index is -0.668.